The zero-order valence-electron chi connectivity index (χ0n) is 6.87. The number of aliphatic hydroxyl groups is 1. The molecular weight excluding hydrogens is 157 g/mol. The van der Waals surface area contributed by atoms with Crippen LogP contribution in [0.4, 0.5) is 4.39 Å². The standard InChI is InChI=1S/C9H12FNO/c1-6(11)9(12)7-2-4-8(10)5-3-7/h2-6,9,12H,11H2,1H3/t6?,9-/m1/s1. The molecular formula is C9H12FNO. The largest absolute Gasteiger partial charge is 0.387 e. The molecule has 1 aromatic carbocycles. The van der Waals surface area contributed by atoms with Crippen LogP contribution in [0.25, 0.3) is 0 Å². The number of rotatable bonds is 2. The first-order valence-electron chi connectivity index (χ1n) is 3.80. The van der Waals surface area contributed by atoms with Gasteiger partial charge in [-0.25, -0.2) is 4.39 Å². The van der Waals surface area contributed by atoms with E-state index in [2.05, 4.69) is 0 Å². The van der Waals surface area contributed by atoms with Crippen LogP contribution in [0.5, 0.6) is 0 Å². The summed E-state index contributed by atoms with van der Waals surface area (Å²) in [6, 6.07) is 5.34. The zero-order valence-corrected chi connectivity index (χ0v) is 6.87. The van der Waals surface area contributed by atoms with E-state index in [1.165, 1.54) is 24.3 Å². The fraction of sp³-hybridized carbons (Fsp3) is 0.333. The Morgan fingerprint density at radius 3 is 2.25 bits per heavy atom. The monoisotopic (exact) mass is 169 g/mol. The van der Waals surface area contributed by atoms with E-state index in [9.17, 15) is 9.50 Å². The van der Waals surface area contributed by atoms with Crippen LogP contribution in [0.2, 0.25) is 0 Å². The van der Waals surface area contributed by atoms with Gasteiger partial charge in [0.15, 0.2) is 0 Å². The molecule has 3 N–H and O–H groups in total. The summed E-state index contributed by atoms with van der Waals surface area (Å²) in [5.74, 6) is -0.310. The van der Waals surface area contributed by atoms with E-state index in [1.54, 1.807) is 6.92 Å². The highest BCUT2D eigenvalue weighted by Crippen LogP contribution is 2.15. The van der Waals surface area contributed by atoms with E-state index in [1.807, 2.05) is 0 Å². The average molecular weight is 169 g/mol. The molecule has 0 saturated heterocycles. The van der Waals surface area contributed by atoms with E-state index < -0.39 is 6.10 Å². The van der Waals surface area contributed by atoms with Gasteiger partial charge < -0.3 is 10.8 Å². The summed E-state index contributed by atoms with van der Waals surface area (Å²) in [6.45, 7) is 1.70. The fourth-order valence-electron chi connectivity index (χ4n) is 0.964. The van der Waals surface area contributed by atoms with Gasteiger partial charge in [0.05, 0.1) is 6.10 Å². The van der Waals surface area contributed by atoms with Crippen molar-refractivity contribution in [3.63, 3.8) is 0 Å². The van der Waals surface area contributed by atoms with Gasteiger partial charge in [-0.3, -0.25) is 0 Å². The molecule has 0 aliphatic heterocycles. The normalized spacial score (nSPS) is 15.7. The molecule has 0 amide bonds. The molecule has 2 nitrogen and oxygen atoms in total. The lowest BCUT2D eigenvalue weighted by atomic mass is 10.0. The molecule has 0 aromatic heterocycles. The minimum absolute atomic E-state index is 0.310. The minimum Gasteiger partial charge on any atom is -0.387 e. The van der Waals surface area contributed by atoms with Crippen molar-refractivity contribution in [2.45, 2.75) is 19.1 Å². The Hall–Kier alpha value is -0.930. The predicted molar refractivity (Wildman–Crippen MR) is 45.0 cm³/mol. The maximum atomic E-state index is 12.4. The highest BCUT2D eigenvalue weighted by molar-refractivity contribution is 5.19. The van der Waals surface area contributed by atoms with Crippen molar-refractivity contribution >= 4 is 0 Å². The molecule has 2 atom stereocenters. The van der Waals surface area contributed by atoms with Crippen LogP contribution in [0.15, 0.2) is 24.3 Å². The van der Waals surface area contributed by atoms with Gasteiger partial charge in [0.1, 0.15) is 5.82 Å². The Balaban J connectivity index is 2.82. The van der Waals surface area contributed by atoms with E-state index in [0.717, 1.165) is 0 Å². The predicted octanol–water partition coefficient (Wildman–Crippen LogP) is 1.21. The van der Waals surface area contributed by atoms with Crippen LogP contribution in [0.1, 0.15) is 18.6 Å². The summed E-state index contributed by atoms with van der Waals surface area (Å²) >= 11 is 0. The van der Waals surface area contributed by atoms with E-state index in [-0.39, 0.29) is 11.9 Å². The molecule has 0 aliphatic carbocycles. The highest BCUT2D eigenvalue weighted by Gasteiger charge is 2.11. The summed E-state index contributed by atoms with van der Waals surface area (Å²) in [6.07, 6.45) is -0.717. The van der Waals surface area contributed by atoms with Crippen molar-refractivity contribution in [3.8, 4) is 0 Å². The Bertz CT molecular complexity index is 245. The van der Waals surface area contributed by atoms with Gasteiger partial charge >= 0.3 is 0 Å². The molecule has 1 rings (SSSR count). The second kappa shape index (κ2) is 3.65. The van der Waals surface area contributed by atoms with E-state index >= 15 is 0 Å². The summed E-state index contributed by atoms with van der Waals surface area (Å²) < 4.78 is 12.4. The highest BCUT2D eigenvalue weighted by atomic mass is 19.1. The number of hydrogen-bond donors (Lipinski definition) is 2. The fourth-order valence-corrected chi connectivity index (χ4v) is 0.964. The second-order valence-corrected chi connectivity index (χ2v) is 2.86. The molecule has 0 bridgehead atoms. The van der Waals surface area contributed by atoms with E-state index in [0.29, 0.717) is 5.56 Å². The number of halogens is 1. The zero-order chi connectivity index (χ0) is 9.14. The molecule has 0 spiro atoms. The Morgan fingerprint density at radius 1 is 1.33 bits per heavy atom. The average Bonchev–Trinajstić information content (AvgIpc) is 2.04. The third-order valence-corrected chi connectivity index (χ3v) is 1.71. The first kappa shape index (κ1) is 9.16. The third-order valence-electron chi connectivity index (χ3n) is 1.71. The lowest BCUT2D eigenvalue weighted by Crippen LogP contribution is -2.24. The smallest absolute Gasteiger partial charge is 0.123 e. The third kappa shape index (κ3) is 2.03. The lowest BCUT2D eigenvalue weighted by molar-refractivity contribution is 0.153. The number of hydrogen-bond acceptors (Lipinski definition) is 2. The molecule has 0 heterocycles. The lowest BCUT2D eigenvalue weighted by Gasteiger charge is -2.14. The maximum absolute atomic E-state index is 12.4. The van der Waals surface area contributed by atoms with Crippen molar-refractivity contribution in [2.24, 2.45) is 5.73 Å². The van der Waals surface area contributed by atoms with Crippen molar-refractivity contribution in [2.75, 3.05) is 0 Å². The van der Waals surface area contributed by atoms with Crippen LogP contribution in [0, 0.1) is 5.82 Å². The topological polar surface area (TPSA) is 46.2 Å². The van der Waals surface area contributed by atoms with Crippen LogP contribution < -0.4 is 5.73 Å². The van der Waals surface area contributed by atoms with Gasteiger partial charge in [-0.05, 0) is 24.6 Å². The molecule has 0 fully saturated rings. The molecule has 0 radical (unpaired) electrons. The Morgan fingerprint density at radius 2 is 1.83 bits per heavy atom. The molecule has 0 aliphatic rings. The van der Waals surface area contributed by atoms with Crippen LogP contribution in [-0.4, -0.2) is 11.1 Å². The first-order valence-corrected chi connectivity index (χ1v) is 3.80. The maximum Gasteiger partial charge on any atom is 0.123 e. The Labute approximate surface area is 70.8 Å². The number of nitrogens with two attached hydrogens (primary N) is 1. The molecule has 3 heteroatoms. The summed E-state index contributed by atoms with van der Waals surface area (Å²) in [5, 5.41) is 9.44. The quantitative estimate of drug-likeness (QED) is 0.699. The van der Waals surface area contributed by atoms with Crippen molar-refractivity contribution in [1.29, 1.82) is 0 Å². The molecule has 1 unspecified atom stereocenters. The molecule has 1 aromatic rings. The summed E-state index contributed by atoms with van der Waals surface area (Å²) in [4.78, 5) is 0. The van der Waals surface area contributed by atoms with Crippen molar-refractivity contribution in [3.05, 3.63) is 35.6 Å². The van der Waals surface area contributed by atoms with E-state index in [4.69, 9.17) is 5.73 Å². The molecule has 66 valence electrons. The summed E-state index contributed by atoms with van der Waals surface area (Å²) in [5.41, 5.74) is 6.11. The number of aliphatic hydroxyl groups excluding tert-OH is 1. The van der Waals surface area contributed by atoms with Crippen LogP contribution >= 0.6 is 0 Å². The van der Waals surface area contributed by atoms with Crippen molar-refractivity contribution < 1.29 is 9.50 Å². The first-order chi connectivity index (χ1) is 5.61. The van der Waals surface area contributed by atoms with Crippen LogP contribution in [0.3, 0.4) is 0 Å². The van der Waals surface area contributed by atoms with Crippen molar-refractivity contribution in [1.82, 2.24) is 0 Å². The van der Waals surface area contributed by atoms with Gasteiger partial charge in [0, 0.05) is 6.04 Å². The number of benzene rings is 1. The van der Waals surface area contributed by atoms with Gasteiger partial charge in [0.25, 0.3) is 0 Å². The SMILES string of the molecule is CC(N)[C@@H](O)c1ccc(F)cc1. The second-order valence-electron chi connectivity index (χ2n) is 2.86. The van der Waals surface area contributed by atoms with Gasteiger partial charge in [-0.2, -0.15) is 0 Å². The van der Waals surface area contributed by atoms with Crippen LogP contribution in [-0.2, 0) is 0 Å². The molecule has 0 saturated carbocycles. The molecule has 12 heavy (non-hydrogen) atoms. The minimum atomic E-state index is -0.717. The summed E-state index contributed by atoms with van der Waals surface area (Å²) in [7, 11) is 0. The van der Waals surface area contributed by atoms with Gasteiger partial charge in [-0.1, -0.05) is 12.1 Å². The van der Waals surface area contributed by atoms with Gasteiger partial charge in [0.2, 0.25) is 0 Å². The van der Waals surface area contributed by atoms with Gasteiger partial charge in [-0.15, -0.1) is 0 Å². The Kier molecular flexibility index (Phi) is 2.78.